The van der Waals surface area contributed by atoms with E-state index in [4.69, 9.17) is 33.2 Å². The van der Waals surface area contributed by atoms with Crippen LogP contribution in [0.2, 0.25) is 0 Å². The molecule has 0 unspecified atom stereocenters. The molecule has 0 saturated carbocycles. The molecule has 0 aromatic rings. The molecule has 6 saturated heterocycles. The minimum absolute atomic E-state index is 0.00202. The second kappa shape index (κ2) is 16.9. The Labute approximate surface area is 336 Å². The number of aliphatic hydroxyl groups excluding tert-OH is 4. The Hall–Kier alpha value is -1.79. The van der Waals surface area contributed by atoms with Crippen LogP contribution < -0.4 is 0 Å². The predicted octanol–water partition coefficient (Wildman–Crippen LogP) is 3.94. The molecule has 0 bridgehead atoms. The highest BCUT2D eigenvalue weighted by molar-refractivity contribution is 5.76. The summed E-state index contributed by atoms with van der Waals surface area (Å²) in [5.74, 6) is -4.06. The second-order valence-corrected chi connectivity index (χ2v) is 18.5. The van der Waals surface area contributed by atoms with Crippen molar-refractivity contribution in [2.24, 2.45) is 11.8 Å². The van der Waals surface area contributed by atoms with Crippen LogP contribution in [0.3, 0.4) is 0 Å². The fraction of sp³-hybridized carbons (Fsp3) is 0.837. The third-order valence-electron chi connectivity index (χ3n) is 13.8. The van der Waals surface area contributed by atoms with E-state index >= 15 is 0 Å². The first-order chi connectivity index (χ1) is 26.9. The van der Waals surface area contributed by atoms with E-state index in [2.05, 4.69) is 20.4 Å². The Morgan fingerprint density at radius 1 is 0.982 bits per heavy atom. The van der Waals surface area contributed by atoms with Crippen LogP contribution in [0.1, 0.15) is 118 Å². The topological polar surface area (TPSA) is 203 Å². The molecule has 0 aromatic carbocycles. The van der Waals surface area contributed by atoms with E-state index in [1.807, 2.05) is 19.1 Å². The highest BCUT2D eigenvalue weighted by Crippen LogP contribution is 2.47. The molecule has 14 heteroatoms. The van der Waals surface area contributed by atoms with Crippen molar-refractivity contribution in [1.82, 2.24) is 0 Å². The summed E-state index contributed by atoms with van der Waals surface area (Å²) < 4.78 is 44.7. The van der Waals surface area contributed by atoms with Crippen LogP contribution in [0.25, 0.3) is 0 Å². The van der Waals surface area contributed by atoms with E-state index in [1.54, 1.807) is 6.08 Å². The highest BCUT2D eigenvalue weighted by Gasteiger charge is 2.55. The third kappa shape index (κ3) is 8.99. The maximum absolute atomic E-state index is 11.5. The standard InChI is InChI=1S/C43H66O14/c1-24-20-29(54-43(22-24)34(46)12-11-30(55-43)23-40(5,50)39(48)49)10-6-9-28-14-16-41(53-28)17-15-33-38(56-41)35(47)27(4)37(52-33)32(45)21-31(44)36-25(2)13-18-42(57-36)26(3)8-7-19-51-42/h6,9,22,25-26,28-38,44-47,50H,4,7-8,10-21,23H2,1-3,5H3,(H,48,49)/b9-6+/t25-,26-,28+,29-,30-,31+,32+,33+,34-,35-,36+,37+,38+,40-,41-,42-,43+/m1/s1. The van der Waals surface area contributed by atoms with Gasteiger partial charge in [0.05, 0.1) is 49.3 Å². The summed E-state index contributed by atoms with van der Waals surface area (Å²) in [5, 5.41) is 65.0. The van der Waals surface area contributed by atoms with Gasteiger partial charge in [-0.25, -0.2) is 4.79 Å². The molecule has 0 aliphatic carbocycles. The van der Waals surface area contributed by atoms with Crippen LogP contribution in [0, 0.1) is 11.8 Å². The van der Waals surface area contributed by atoms with Gasteiger partial charge in [0.15, 0.2) is 17.2 Å². The number of hydrogen-bond donors (Lipinski definition) is 6. The van der Waals surface area contributed by atoms with Gasteiger partial charge in [-0.3, -0.25) is 0 Å². The second-order valence-electron chi connectivity index (χ2n) is 18.5. The molecule has 0 radical (unpaired) electrons. The average molecular weight is 807 g/mol. The average Bonchev–Trinajstić information content (AvgIpc) is 3.54. The molecule has 7 rings (SSSR count). The number of hydrogen-bond acceptors (Lipinski definition) is 13. The van der Waals surface area contributed by atoms with Crippen LogP contribution >= 0.6 is 0 Å². The lowest BCUT2D eigenvalue weighted by Crippen LogP contribution is -2.60. The Bertz CT molecular complexity index is 1520. The van der Waals surface area contributed by atoms with Crippen LogP contribution in [0.15, 0.2) is 36.0 Å². The van der Waals surface area contributed by atoms with Gasteiger partial charge in [-0.05, 0) is 89.2 Å². The van der Waals surface area contributed by atoms with Gasteiger partial charge < -0.3 is 63.8 Å². The largest absolute Gasteiger partial charge is 0.479 e. The van der Waals surface area contributed by atoms with E-state index in [1.165, 1.54) is 6.92 Å². The van der Waals surface area contributed by atoms with E-state index in [0.717, 1.165) is 31.3 Å². The fourth-order valence-corrected chi connectivity index (χ4v) is 10.4. The minimum atomic E-state index is -1.96. The van der Waals surface area contributed by atoms with Crippen molar-refractivity contribution in [3.05, 3.63) is 36.0 Å². The normalized spacial score (nSPS) is 46.2. The molecule has 6 N–H and O–H groups in total. The van der Waals surface area contributed by atoms with Gasteiger partial charge in [0.1, 0.15) is 24.4 Å². The number of rotatable bonds is 10. The van der Waals surface area contributed by atoms with Gasteiger partial charge in [0.25, 0.3) is 0 Å². The summed E-state index contributed by atoms with van der Waals surface area (Å²) in [5.41, 5.74) is -0.675. The van der Waals surface area contributed by atoms with Gasteiger partial charge in [-0.1, -0.05) is 38.2 Å². The molecule has 322 valence electrons. The molecular weight excluding hydrogens is 740 g/mol. The van der Waals surface area contributed by atoms with Gasteiger partial charge in [0, 0.05) is 38.0 Å². The summed E-state index contributed by atoms with van der Waals surface area (Å²) in [6.07, 6.45) is 5.72. The van der Waals surface area contributed by atoms with E-state index in [0.29, 0.717) is 63.5 Å². The highest BCUT2D eigenvalue weighted by atomic mass is 16.7. The molecule has 7 aliphatic rings. The van der Waals surface area contributed by atoms with Crippen LogP contribution in [-0.2, 0) is 38.0 Å². The van der Waals surface area contributed by atoms with Crippen molar-refractivity contribution in [2.45, 2.75) is 208 Å². The Morgan fingerprint density at radius 3 is 2.49 bits per heavy atom. The van der Waals surface area contributed by atoms with Gasteiger partial charge in [0.2, 0.25) is 5.79 Å². The summed E-state index contributed by atoms with van der Waals surface area (Å²) in [7, 11) is 0. The van der Waals surface area contributed by atoms with E-state index in [-0.39, 0.29) is 36.9 Å². The van der Waals surface area contributed by atoms with Gasteiger partial charge >= 0.3 is 5.97 Å². The van der Waals surface area contributed by atoms with Gasteiger partial charge in [-0.15, -0.1) is 0 Å². The van der Waals surface area contributed by atoms with Crippen molar-refractivity contribution >= 4 is 5.97 Å². The summed E-state index contributed by atoms with van der Waals surface area (Å²) in [6, 6.07) is 0. The van der Waals surface area contributed by atoms with Crippen molar-refractivity contribution in [1.29, 1.82) is 0 Å². The first kappa shape index (κ1) is 43.3. The number of carboxylic acids is 1. The number of aliphatic hydroxyl groups is 5. The smallest absolute Gasteiger partial charge is 0.335 e. The summed E-state index contributed by atoms with van der Waals surface area (Å²) >= 11 is 0. The van der Waals surface area contributed by atoms with E-state index < -0.39 is 83.9 Å². The maximum Gasteiger partial charge on any atom is 0.335 e. The number of carboxylic acid groups (broad SMARTS) is 1. The zero-order valence-corrected chi connectivity index (χ0v) is 34.0. The lowest BCUT2D eigenvalue weighted by atomic mass is 9.80. The molecule has 3 spiro atoms. The molecule has 14 nitrogen and oxygen atoms in total. The maximum atomic E-state index is 11.5. The zero-order valence-electron chi connectivity index (χ0n) is 34.0. The zero-order chi connectivity index (χ0) is 40.9. The monoisotopic (exact) mass is 806 g/mol. The molecule has 17 atom stereocenters. The SMILES string of the molecule is C=C1[C@@H](O)[C@H]2O[C@@]3(CC[C@@H]2O[C@@H]1[C@@H](O)C[C@H](O)[C@H]1O[C@@]2(CC[C@H]1C)OCCC[C@H]2C)CC[C@H](/C=C/C[C@@H]1CC(C)=C[C@]2(O1)O[C@@H](C[C@@](C)(O)C(=O)O)CC[C@H]2O)O3. The van der Waals surface area contributed by atoms with Crippen molar-refractivity contribution in [3.63, 3.8) is 0 Å². The Balaban J connectivity index is 0.906. The predicted molar refractivity (Wildman–Crippen MR) is 204 cm³/mol. The first-order valence-electron chi connectivity index (χ1n) is 21.3. The quantitative estimate of drug-likeness (QED) is 0.173. The lowest BCUT2D eigenvalue weighted by Gasteiger charge is -2.51. The molecular formula is C43H66O14. The molecule has 7 aliphatic heterocycles. The van der Waals surface area contributed by atoms with Crippen LogP contribution in [0.5, 0.6) is 0 Å². The van der Waals surface area contributed by atoms with Crippen molar-refractivity contribution in [2.75, 3.05) is 6.61 Å². The number of fused-ring (bicyclic) bond motifs is 1. The first-order valence-corrected chi connectivity index (χ1v) is 21.3. The van der Waals surface area contributed by atoms with Gasteiger partial charge in [-0.2, -0.15) is 0 Å². The van der Waals surface area contributed by atoms with Crippen LogP contribution in [-0.4, -0.2) is 133 Å². The van der Waals surface area contributed by atoms with Crippen LogP contribution in [0.4, 0.5) is 0 Å². The van der Waals surface area contributed by atoms with E-state index in [9.17, 15) is 35.4 Å². The molecule has 0 amide bonds. The van der Waals surface area contributed by atoms with Crippen molar-refractivity contribution < 1.29 is 68.6 Å². The van der Waals surface area contributed by atoms with Crippen molar-refractivity contribution in [3.8, 4) is 0 Å². The fourth-order valence-electron chi connectivity index (χ4n) is 10.4. The lowest BCUT2D eigenvalue weighted by molar-refractivity contribution is -0.338. The Kier molecular flexibility index (Phi) is 12.9. The Morgan fingerprint density at radius 2 is 1.74 bits per heavy atom. The number of carbonyl (C=O) groups is 1. The molecule has 0 aromatic heterocycles. The minimum Gasteiger partial charge on any atom is -0.479 e. The number of ether oxygens (including phenoxy) is 7. The molecule has 6 fully saturated rings. The molecule has 57 heavy (non-hydrogen) atoms. The summed E-state index contributed by atoms with van der Waals surface area (Å²) in [4.78, 5) is 11.5. The summed E-state index contributed by atoms with van der Waals surface area (Å²) in [6.45, 7) is 12.1. The molecule has 7 heterocycles. The number of aliphatic carboxylic acids is 1. The third-order valence-corrected chi connectivity index (χ3v) is 13.8.